The Labute approximate surface area is 151 Å². The van der Waals surface area contributed by atoms with Crippen LogP contribution in [0.2, 0.25) is 0 Å². The molecule has 6 heteroatoms. The number of sulfone groups is 1. The van der Waals surface area contributed by atoms with Gasteiger partial charge in [-0.2, -0.15) is 0 Å². The van der Waals surface area contributed by atoms with Gasteiger partial charge in [0.1, 0.15) is 5.25 Å². The normalized spacial score (nSPS) is 17.2. The van der Waals surface area contributed by atoms with Crippen LogP contribution >= 0.6 is 0 Å². The molecule has 0 saturated carbocycles. The Bertz CT molecular complexity index is 650. The second-order valence-electron chi connectivity index (χ2n) is 6.88. The largest absolute Gasteiger partial charge is 0.351 e. The number of carbonyl (C=O) groups is 1. The zero-order chi connectivity index (χ0) is 18.3. The van der Waals surface area contributed by atoms with Crippen molar-refractivity contribution in [1.82, 2.24) is 10.2 Å². The van der Waals surface area contributed by atoms with Gasteiger partial charge in [0.15, 0.2) is 9.84 Å². The van der Waals surface area contributed by atoms with Crippen molar-refractivity contribution in [2.45, 2.75) is 57.9 Å². The highest BCUT2D eigenvalue weighted by molar-refractivity contribution is 7.92. The predicted octanol–water partition coefficient (Wildman–Crippen LogP) is 2.50. The Morgan fingerprint density at radius 2 is 1.72 bits per heavy atom. The quantitative estimate of drug-likeness (QED) is 0.768. The molecule has 0 spiro atoms. The summed E-state index contributed by atoms with van der Waals surface area (Å²) in [6, 6.07) is 8.19. The molecule has 1 N–H and O–H groups in total. The van der Waals surface area contributed by atoms with Gasteiger partial charge in [-0.25, -0.2) is 8.42 Å². The van der Waals surface area contributed by atoms with E-state index in [1.54, 1.807) is 6.92 Å². The molecule has 0 aromatic heterocycles. The fraction of sp³-hybridized carbons (Fsp3) is 0.632. The van der Waals surface area contributed by atoms with Gasteiger partial charge in [-0.3, -0.25) is 9.69 Å². The second-order valence-corrected chi connectivity index (χ2v) is 9.32. The third kappa shape index (κ3) is 6.12. The Morgan fingerprint density at radius 3 is 2.32 bits per heavy atom. The van der Waals surface area contributed by atoms with E-state index in [0.717, 1.165) is 12.1 Å². The number of benzene rings is 1. The number of amides is 1. The zero-order valence-corrected chi connectivity index (χ0v) is 16.1. The molecule has 0 bridgehead atoms. The van der Waals surface area contributed by atoms with Crippen molar-refractivity contribution in [2.75, 3.05) is 18.8 Å². The van der Waals surface area contributed by atoms with E-state index in [-0.39, 0.29) is 5.75 Å². The number of hydrogen-bond donors (Lipinski definition) is 1. The number of hydrogen-bond acceptors (Lipinski definition) is 4. The molecule has 1 saturated heterocycles. The summed E-state index contributed by atoms with van der Waals surface area (Å²) in [5, 5.41) is 1.74. The molecule has 5 nitrogen and oxygen atoms in total. The van der Waals surface area contributed by atoms with E-state index in [9.17, 15) is 13.2 Å². The van der Waals surface area contributed by atoms with Gasteiger partial charge in [-0.15, -0.1) is 0 Å². The average Bonchev–Trinajstić information content (AvgIpc) is 2.61. The molecule has 1 unspecified atom stereocenters. The van der Waals surface area contributed by atoms with E-state index in [0.29, 0.717) is 13.0 Å². The molecule has 140 valence electrons. The fourth-order valence-electron chi connectivity index (χ4n) is 3.10. The maximum atomic E-state index is 12.1. The molecule has 25 heavy (non-hydrogen) atoms. The lowest BCUT2D eigenvalue weighted by atomic mass is 10.1. The minimum absolute atomic E-state index is 0.0484. The molecule has 1 aromatic rings. The molecular weight excluding hydrogens is 336 g/mol. The molecule has 2 rings (SSSR count). The topological polar surface area (TPSA) is 66.5 Å². The van der Waals surface area contributed by atoms with Crippen LogP contribution in [-0.2, 0) is 27.7 Å². The van der Waals surface area contributed by atoms with Crippen LogP contribution in [0.1, 0.15) is 50.7 Å². The third-order valence-corrected chi connectivity index (χ3v) is 7.01. The average molecular weight is 367 g/mol. The highest BCUT2D eigenvalue weighted by atomic mass is 32.2. The van der Waals surface area contributed by atoms with Gasteiger partial charge in [0.25, 0.3) is 0 Å². The Hall–Kier alpha value is -1.40. The van der Waals surface area contributed by atoms with Crippen molar-refractivity contribution >= 4 is 15.7 Å². The number of nitrogens with one attached hydrogen (secondary N) is 1. The van der Waals surface area contributed by atoms with Crippen LogP contribution in [0.4, 0.5) is 0 Å². The van der Waals surface area contributed by atoms with Crippen molar-refractivity contribution < 1.29 is 13.2 Å². The smallest absolute Gasteiger partial charge is 0.238 e. The second kappa shape index (κ2) is 9.34. The summed E-state index contributed by atoms with van der Waals surface area (Å²) in [6.07, 6.45) is 4.42. The van der Waals surface area contributed by atoms with Crippen molar-refractivity contribution in [3.63, 3.8) is 0 Å². The minimum Gasteiger partial charge on any atom is -0.351 e. The van der Waals surface area contributed by atoms with Gasteiger partial charge < -0.3 is 5.32 Å². The first-order valence-electron chi connectivity index (χ1n) is 9.22. The molecular formula is C19H30N2O3S. The van der Waals surface area contributed by atoms with Crippen molar-refractivity contribution in [3.8, 4) is 0 Å². The lowest BCUT2D eigenvalue weighted by molar-refractivity contribution is -0.120. The fourth-order valence-corrected chi connectivity index (χ4v) is 4.43. The van der Waals surface area contributed by atoms with E-state index in [4.69, 9.17) is 0 Å². The summed E-state index contributed by atoms with van der Waals surface area (Å²) in [5.41, 5.74) is 2.26. The minimum atomic E-state index is -3.35. The van der Waals surface area contributed by atoms with Crippen LogP contribution in [0.15, 0.2) is 24.3 Å². The summed E-state index contributed by atoms with van der Waals surface area (Å²) in [6.45, 7) is 6.92. The van der Waals surface area contributed by atoms with Gasteiger partial charge in [0.05, 0.1) is 5.75 Å². The van der Waals surface area contributed by atoms with Crippen molar-refractivity contribution in [1.29, 1.82) is 0 Å². The molecule has 0 aliphatic carbocycles. The molecule has 1 fully saturated rings. The first-order chi connectivity index (χ1) is 11.9. The maximum Gasteiger partial charge on any atom is 0.238 e. The standard InChI is InChI=1S/C19H30N2O3S/c1-3-13-25(23,24)16(2)19(22)20-14-17-7-9-18(10-8-17)15-21-11-5-4-6-12-21/h7-10,16H,3-6,11-15H2,1-2H3,(H,20,22). The van der Waals surface area contributed by atoms with E-state index in [1.807, 2.05) is 12.1 Å². The summed E-state index contributed by atoms with van der Waals surface area (Å²) in [7, 11) is -3.35. The first kappa shape index (κ1) is 19.9. The summed E-state index contributed by atoms with van der Waals surface area (Å²) in [4.78, 5) is 14.5. The lowest BCUT2D eigenvalue weighted by Crippen LogP contribution is -2.38. The van der Waals surface area contributed by atoms with Crippen LogP contribution in [0.3, 0.4) is 0 Å². The summed E-state index contributed by atoms with van der Waals surface area (Å²) >= 11 is 0. The number of likely N-dealkylation sites (tertiary alicyclic amines) is 1. The highest BCUT2D eigenvalue weighted by Gasteiger charge is 2.26. The Kier molecular flexibility index (Phi) is 7.44. The van der Waals surface area contributed by atoms with Gasteiger partial charge >= 0.3 is 0 Å². The molecule has 1 aliphatic heterocycles. The monoisotopic (exact) mass is 366 g/mol. The van der Waals surface area contributed by atoms with Gasteiger partial charge in [-0.1, -0.05) is 37.6 Å². The van der Waals surface area contributed by atoms with E-state index < -0.39 is 21.0 Å². The van der Waals surface area contributed by atoms with Crippen LogP contribution in [-0.4, -0.2) is 43.3 Å². The van der Waals surface area contributed by atoms with Gasteiger partial charge in [0.2, 0.25) is 5.91 Å². The number of piperidine rings is 1. The van der Waals surface area contributed by atoms with Crippen molar-refractivity contribution in [3.05, 3.63) is 35.4 Å². The molecule has 1 atom stereocenters. The summed E-state index contributed by atoms with van der Waals surface area (Å²) < 4.78 is 23.9. The van der Waals surface area contributed by atoms with E-state index in [1.165, 1.54) is 44.8 Å². The first-order valence-corrected chi connectivity index (χ1v) is 10.9. The Morgan fingerprint density at radius 1 is 1.12 bits per heavy atom. The van der Waals surface area contributed by atoms with Crippen molar-refractivity contribution in [2.24, 2.45) is 0 Å². The number of carbonyl (C=O) groups excluding carboxylic acids is 1. The third-order valence-electron chi connectivity index (χ3n) is 4.74. The number of nitrogens with zero attached hydrogens (tertiary/aromatic N) is 1. The molecule has 1 amide bonds. The lowest BCUT2D eigenvalue weighted by Gasteiger charge is -2.26. The summed E-state index contributed by atoms with van der Waals surface area (Å²) in [5.74, 6) is -0.377. The van der Waals surface area contributed by atoms with Crippen LogP contribution < -0.4 is 5.32 Å². The molecule has 1 aliphatic rings. The predicted molar refractivity (Wildman–Crippen MR) is 101 cm³/mol. The van der Waals surface area contributed by atoms with Crippen LogP contribution in [0.25, 0.3) is 0 Å². The van der Waals surface area contributed by atoms with Gasteiger partial charge in [-0.05, 0) is 50.4 Å². The van der Waals surface area contributed by atoms with Crippen LogP contribution in [0.5, 0.6) is 0 Å². The van der Waals surface area contributed by atoms with Gasteiger partial charge in [0, 0.05) is 13.1 Å². The molecule has 1 aromatic carbocycles. The zero-order valence-electron chi connectivity index (χ0n) is 15.3. The van der Waals surface area contributed by atoms with Crippen LogP contribution in [0, 0.1) is 0 Å². The SMILES string of the molecule is CCCS(=O)(=O)C(C)C(=O)NCc1ccc(CN2CCCCC2)cc1. The molecule has 1 heterocycles. The van der Waals surface area contributed by atoms with E-state index in [2.05, 4.69) is 22.3 Å². The maximum absolute atomic E-state index is 12.1. The number of rotatable bonds is 8. The molecule has 0 radical (unpaired) electrons. The van der Waals surface area contributed by atoms with E-state index >= 15 is 0 Å². The highest BCUT2D eigenvalue weighted by Crippen LogP contribution is 2.13. The Balaban J connectivity index is 1.83.